The monoisotopic (exact) mass is 434 g/mol. The molecule has 2 aromatic rings. The average molecular weight is 435 g/mol. The van der Waals surface area contributed by atoms with Crippen molar-refractivity contribution in [2.45, 2.75) is 27.7 Å². The Morgan fingerprint density at radius 3 is 1.28 bits per heavy atom. The Morgan fingerprint density at radius 2 is 1.00 bits per heavy atom. The van der Waals surface area contributed by atoms with Crippen molar-refractivity contribution in [2.24, 2.45) is 9.98 Å². The van der Waals surface area contributed by atoms with E-state index in [1.165, 1.54) is 0 Å². The van der Waals surface area contributed by atoms with E-state index in [1.807, 2.05) is 64.1 Å². The van der Waals surface area contributed by atoms with Crippen LogP contribution in [0.25, 0.3) is 11.5 Å². The summed E-state index contributed by atoms with van der Waals surface area (Å²) in [5, 5.41) is 23.2. The Morgan fingerprint density at radius 1 is 0.690 bits per heavy atom. The molecule has 0 radical (unpaired) electrons. The summed E-state index contributed by atoms with van der Waals surface area (Å²) in [6, 6.07) is 18.4. The van der Waals surface area contributed by atoms with Crippen LogP contribution >= 0.6 is 0 Å². The van der Waals surface area contributed by atoms with Gasteiger partial charge in [-0.3, -0.25) is 9.98 Å². The summed E-state index contributed by atoms with van der Waals surface area (Å²) in [6.45, 7) is 9.00. The minimum Gasteiger partial charge on any atom is -0.872 e. The van der Waals surface area contributed by atoms with Crippen LogP contribution in [0.4, 0.5) is 0 Å². The molecule has 0 aliphatic carbocycles. The van der Waals surface area contributed by atoms with Gasteiger partial charge in [0, 0.05) is 24.5 Å². The van der Waals surface area contributed by atoms with Crippen molar-refractivity contribution in [1.82, 2.24) is 0 Å². The second-order valence-corrected chi connectivity index (χ2v) is 5.98. The molecule has 2 aromatic carbocycles. The summed E-state index contributed by atoms with van der Waals surface area (Å²) in [4.78, 5) is 8.26. The van der Waals surface area contributed by atoms with E-state index in [4.69, 9.17) is 0 Å². The van der Waals surface area contributed by atoms with Crippen LogP contribution in [-0.4, -0.2) is 24.5 Å². The summed E-state index contributed by atoms with van der Waals surface area (Å²) < 4.78 is 0. The summed E-state index contributed by atoms with van der Waals surface area (Å²) in [7, 11) is 0. The smallest absolute Gasteiger partial charge is 0.872 e. The van der Waals surface area contributed by atoms with E-state index in [0.717, 1.165) is 11.4 Å². The summed E-state index contributed by atoms with van der Waals surface area (Å²) in [5.74, 6) is 0.0283. The van der Waals surface area contributed by atoms with Crippen LogP contribution in [0.2, 0.25) is 0 Å². The van der Waals surface area contributed by atoms with Gasteiger partial charge in [-0.05, 0) is 51.0 Å². The fourth-order valence-corrected chi connectivity index (χ4v) is 2.34. The first-order chi connectivity index (χ1) is 13.5. The molecule has 4 nitrogen and oxygen atoms in total. The third-order valence-corrected chi connectivity index (χ3v) is 3.61. The van der Waals surface area contributed by atoms with E-state index in [0.29, 0.717) is 24.2 Å². The number of hydrogen-bond acceptors (Lipinski definition) is 4. The van der Waals surface area contributed by atoms with Crippen LogP contribution in [0.1, 0.15) is 38.8 Å². The summed E-state index contributed by atoms with van der Waals surface area (Å²) in [5.41, 5.74) is 2.97. The SMILES string of the molecule is CCN=C(C)/C=C(\[O-])c1ccccc1.CCN=C(C)/C=C(\[O-])c1ccccc1.[Ni+2]. The first-order valence-corrected chi connectivity index (χ1v) is 9.38. The molecule has 0 N–H and O–H groups in total. The van der Waals surface area contributed by atoms with Crippen molar-refractivity contribution in [2.75, 3.05) is 13.1 Å². The Bertz CT molecular complexity index is 755. The fourth-order valence-electron chi connectivity index (χ4n) is 2.34. The minimum absolute atomic E-state index is 0. The van der Waals surface area contributed by atoms with E-state index in [9.17, 15) is 10.2 Å². The Hall–Kier alpha value is -2.65. The maximum Gasteiger partial charge on any atom is 2.00 e. The predicted octanol–water partition coefficient (Wildman–Crippen LogP) is 3.73. The maximum atomic E-state index is 11.6. The Kier molecular flexibility index (Phi) is 13.9. The third-order valence-electron chi connectivity index (χ3n) is 3.61. The molecule has 0 heterocycles. The molecule has 2 rings (SSSR count). The molecule has 0 saturated heterocycles. The maximum absolute atomic E-state index is 11.6. The zero-order chi connectivity index (χ0) is 20.8. The van der Waals surface area contributed by atoms with Crippen molar-refractivity contribution in [1.29, 1.82) is 0 Å². The van der Waals surface area contributed by atoms with Gasteiger partial charge in [0.05, 0.1) is 0 Å². The molecular formula is C24H28N2NiO2. The van der Waals surface area contributed by atoms with Crippen molar-refractivity contribution in [3.8, 4) is 0 Å². The molecule has 0 aromatic heterocycles. The molecule has 0 aliphatic rings. The van der Waals surface area contributed by atoms with E-state index in [1.54, 1.807) is 36.4 Å². The minimum atomic E-state index is 0. The zero-order valence-corrected chi connectivity index (χ0v) is 18.4. The molecule has 29 heavy (non-hydrogen) atoms. The van der Waals surface area contributed by atoms with E-state index in [2.05, 4.69) is 9.98 Å². The predicted molar refractivity (Wildman–Crippen MR) is 116 cm³/mol. The number of nitrogens with zero attached hydrogens (tertiary/aromatic N) is 2. The standard InChI is InChI=1S/2C12H15NO.Ni/c2*1-3-13-10(2)9-12(14)11-7-5-4-6-8-11;/h2*4-9,14H,3H2,1-2H3;/q;;+2/p-2/b2*12-9-,13-10?;. The Balaban J connectivity index is 0.000000523. The summed E-state index contributed by atoms with van der Waals surface area (Å²) in [6.07, 6.45) is 3.14. The molecule has 0 fully saturated rings. The topological polar surface area (TPSA) is 70.8 Å². The largest absolute Gasteiger partial charge is 2.00 e. The van der Waals surface area contributed by atoms with Gasteiger partial charge in [-0.15, -0.1) is 0 Å². The van der Waals surface area contributed by atoms with Gasteiger partial charge in [0.2, 0.25) is 0 Å². The first kappa shape index (κ1) is 26.4. The van der Waals surface area contributed by atoms with Gasteiger partial charge in [0.1, 0.15) is 0 Å². The van der Waals surface area contributed by atoms with Crippen LogP contribution in [0, 0.1) is 0 Å². The van der Waals surface area contributed by atoms with E-state index in [-0.39, 0.29) is 28.0 Å². The van der Waals surface area contributed by atoms with Crippen molar-refractivity contribution < 1.29 is 26.7 Å². The molecule has 0 unspecified atom stereocenters. The van der Waals surface area contributed by atoms with Crippen LogP contribution in [0.15, 0.2) is 82.8 Å². The zero-order valence-electron chi connectivity index (χ0n) is 17.4. The van der Waals surface area contributed by atoms with Crippen LogP contribution in [0.3, 0.4) is 0 Å². The van der Waals surface area contributed by atoms with Crippen LogP contribution < -0.4 is 10.2 Å². The molecule has 0 bridgehead atoms. The molecule has 0 atom stereocenters. The van der Waals surface area contributed by atoms with Gasteiger partial charge >= 0.3 is 16.5 Å². The molecule has 0 saturated carbocycles. The third kappa shape index (κ3) is 11.1. The number of benzene rings is 2. The van der Waals surface area contributed by atoms with E-state index < -0.39 is 0 Å². The number of allylic oxidation sites excluding steroid dienone is 2. The molecule has 5 heteroatoms. The van der Waals surface area contributed by atoms with Crippen molar-refractivity contribution in [3.05, 3.63) is 83.9 Å². The normalized spacial score (nSPS) is 12.6. The van der Waals surface area contributed by atoms with Gasteiger partial charge in [-0.25, -0.2) is 0 Å². The first-order valence-electron chi connectivity index (χ1n) is 9.38. The van der Waals surface area contributed by atoms with Gasteiger partial charge in [-0.2, -0.15) is 0 Å². The van der Waals surface area contributed by atoms with Crippen molar-refractivity contribution >= 4 is 22.9 Å². The summed E-state index contributed by atoms with van der Waals surface area (Å²) >= 11 is 0. The number of aliphatic imine (C=N–C) groups is 2. The molecule has 0 amide bonds. The molecule has 0 spiro atoms. The van der Waals surface area contributed by atoms with Gasteiger partial charge < -0.3 is 10.2 Å². The second kappa shape index (κ2) is 15.3. The second-order valence-electron chi connectivity index (χ2n) is 5.98. The average Bonchev–Trinajstić information content (AvgIpc) is 2.70. The Labute approximate surface area is 184 Å². The van der Waals surface area contributed by atoms with Crippen molar-refractivity contribution in [3.63, 3.8) is 0 Å². The van der Waals surface area contributed by atoms with Gasteiger partial charge in [0.25, 0.3) is 0 Å². The quantitative estimate of drug-likeness (QED) is 0.394. The van der Waals surface area contributed by atoms with Gasteiger partial charge in [0.15, 0.2) is 0 Å². The fraction of sp³-hybridized carbons (Fsp3) is 0.250. The van der Waals surface area contributed by atoms with Crippen LogP contribution in [0.5, 0.6) is 0 Å². The number of hydrogen-bond donors (Lipinski definition) is 0. The van der Waals surface area contributed by atoms with Crippen LogP contribution in [-0.2, 0) is 16.5 Å². The number of rotatable bonds is 6. The van der Waals surface area contributed by atoms with E-state index >= 15 is 0 Å². The van der Waals surface area contributed by atoms with Gasteiger partial charge in [-0.1, -0.05) is 72.2 Å². The molecular weight excluding hydrogens is 407 g/mol. The molecule has 0 aliphatic heterocycles. The molecule has 156 valence electrons.